The van der Waals surface area contributed by atoms with Gasteiger partial charge in [0.1, 0.15) is 17.2 Å². The Balaban J connectivity index is 1.95. The van der Waals surface area contributed by atoms with Gasteiger partial charge >= 0.3 is 0 Å². The summed E-state index contributed by atoms with van der Waals surface area (Å²) in [5, 5.41) is 3.37. The average molecular weight is 301 g/mol. The van der Waals surface area contributed by atoms with Crippen LogP contribution in [-0.4, -0.2) is 31.2 Å². The Kier molecular flexibility index (Phi) is 3.66. The van der Waals surface area contributed by atoms with Gasteiger partial charge in [0.25, 0.3) is 0 Å². The predicted octanol–water partition coefficient (Wildman–Crippen LogP) is 2.86. The summed E-state index contributed by atoms with van der Waals surface area (Å²) in [5.41, 5.74) is 2.60. The molecule has 0 saturated heterocycles. The van der Waals surface area contributed by atoms with Gasteiger partial charge in [0, 0.05) is 44.1 Å². The van der Waals surface area contributed by atoms with Crippen molar-refractivity contribution >= 4 is 11.4 Å². The first-order valence-corrected chi connectivity index (χ1v) is 6.98. The molecule has 0 fully saturated rings. The van der Waals surface area contributed by atoms with E-state index in [1.165, 1.54) is 0 Å². The number of aryl methyl sites for hydroxylation is 1. The molecule has 6 nitrogen and oxygen atoms in total. The highest BCUT2D eigenvalue weighted by Crippen LogP contribution is 2.31. The fourth-order valence-electron chi connectivity index (χ4n) is 2.47. The number of fused-ring (bicyclic) bond motifs is 1. The van der Waals surface area contributed by atoms with E-state index in [0.717, 1.165) is 34.3 Å². The lowest BCUT2D eigenvalue weighted by Gasteiger charge is -2.22. The third-order valence-corrected chi connectivity index (χ3v) is 3.43. The molecule has 0 unspecified atom stereocenters. The lowest BCUT2D eigenvalue weighted by atomic mass is 10.2. The zero-order chi connectivity index (χ0) is 15.7. The van der Waals surface area contributed by atoms with Crippen molar-refractivity contribution in [2.45, 2.75) is 13.5 Å². The first-order chi connectivity index (χ1) is 10.6. The first kappa shape index (κ1) is 14.3. The summed E-state index contributed by atoms with van der Waals surface area (Å²) in [6.07, 6.45) is 2.01. The fraction of sp³-hybridized carbons (Fsp3) is 0.312. The minimum atomic E-state index is 0.663. The maximum absolute atomic E-state index is 5.65. The van der Waals surface area contributed by atoms with Crippen LogP contribution < -0.4 is 14.8 Å². The molecule has 2 aromatic rings. The molecule has 0 saturated carbocycles. The number of aromatic nitrogens is 1. The number of anilines is 1. The largest absolute Gasteiger partial charge is 0.497 e. The third-order valence-electron chi connectivity index (χ3n) is 3.43. The lowest BCUT2D eigenvalue weighted by molar-refractivity contribution is 0.368. The number of hydrogen-bond donors (Lipinski definition) is 1. The van der Waals surface area contributed by atoms with Crippen molar-refractivity contribution in [2.24, 2.45) is 0 Å². The molecule has 1 N–H and O–H groups in total. The second-order valence-electron chi connectivity index (χ2n) is 5.19. The Labute approximate surface area is 129 Å². The summed E-state index contributed by atoms with van der Waals surface area (Å²) in [7, 11) is 5.26. The van der Waals surface area contributed by atoms with Crippen LogP contribution in [0.1, 0.15) is 17.3 Å². The van der Waals surface area contributed by atoms with Gasteiger partial charge in [0.2, 0.25) is 0 Å². The van der Waals surface area contributed by atoms with E-state index in [-0.39, 0.29) is 0 Å². The first-order valence-electron chi connectivity index (χ1n) is 6.98. The Hall–Kier alpha value is -2.63. The van der Waals surface area contributed by atoms with Gasteiger partial charge in [-0.1, -0.05) is 0 Å². The quantitative estimate of drug-likeness (QED) is 0.937. The molecular weight excluding hydrogens is 282 g/mol. The number of nitrogens with one attached hydrogen (secondary N) is 1. The molecule has 1 aromatic carbocycles. The van der Waals surface area contributed by atoms with E-state index in [1.807, 2.05) is 43.3 Å². The molecule has 116 valence electrons. The van der Waals surface area contributed by atoms with E-state index in [4.69, 9.17) is 13.9 Å². The highest BCUT2D eigenvalue weighted by molar-refractivity contribution is 5.77. The molecule has 1 aliphatic rings. The maximum atomic E-state index is 5.65. The molecule has 3 rings (SSSR count). The van der Waals surface area contributed by atoms with Crippen LogP contribution in [0.3, 0.4) is 0 Å². The van der Waals surface area contributed by atoms with Gasteiger partial charge in [-0.15, -0.1) is 0 Å². The normalized spacial score (nSPS) is 13.5. The summed E-state index contributed by atoms with van der Waals surface area (Å²) < 4.78 is 16.2. The number of benzene rings is 1. The van der Waals surface area contributed by atoms with E-state index in [2.05, 4.69) is 10.3 Å². The molecule has 1 aliphatic heterocycles. The standard InChI is InChI=1S/C16H19N3O3/c1-10-17-16-14(8-19(2)9-15(16)22-10)18-11-5-12(20-3)7-13(6-11)21-4/h5-8,18H,9H2,1-4H3. The second kappa shape index (κ2) is 5.63. The van der Waals surface area contributed by atoms with E-state index in [0.29, 0.717) is 12.4 Å². The molecule has 6 heteroatoms. The Bertz CT molecular complexity index is 699. The summed E-state index contributed by atoms with van der Waals surface area (Å²) in [6.45, 7) is 2.56. The highest BCUT2D eigenvalue weighted by Gasteiger charge is 2.21. The minimum absolute atomic E-state index is 0.663. The lowest BCUT2D eigenvalue weighted by Crippen LogP contribution is -2.19. The van der Waals surface area contributed by atoms with Crippen molar-refractivity contribution in [2.75, 3.05) is 26.6 Å². The van der Waals surface area contributed by atoms with Crippen molar-refractivity contribution in [3.05, 3.63) is 41.7 Å². The summed E-state index contributed by atoms with van der Waals surface area (Å²) >= 11 is 0. The minimum Gasteiger partial charge on any atom is -0.497 e. The molecule has 0 atom stereocenters. The molecule has 1 aromatic heterocycles. The molecular formula is C16H19N3O3. The predicted molar refractivity (Wildman–Crippen MR) is 83.9 cm³/mol. The van der Waals surface area contributed by atoms with E-state index in [1.54, 1.807) is 14.2 Å². The van der Waals surface area contributed by atoms with Gasteiger partial charge in [0.15, 0.2) is 11.7 Å². The number of hydrogen-bond acceptors (Lipinski definition) is 6. The van der Waals surface area contributed by atoms with Crippen LogP contribution in [0.25, 0.3) is 5.70 Å². The maximum Gasteiger partial charge on any atom is 0.192 e. The van der Waals surface area contributed by atoms with Gasteiger partial charge in [-0.3, -0.25) is 0 Å². The van der Waals surface area contributed by atoms with Crippen LogP contribution >= 0.6 is 0 Å². The van der Waals surface area contributed by atoms with Gasteiger partial charge in [-0.25, -0.2) is 4.98 Å². The summed E-state index contributed by atoms with van der Waals surface area (Å²) in [6, 6.07) is 5.65. The molecule has 22 heavy (non-hydrogen) atoms. The molecule has 0 amide bonds. The average Bonchev–Trinajstić information content (AvgIpc) is 2.87. The Morgan fingerprint density at radius 1 is 1.18 bits per heavy atom. The van der Waals surface area contributed by atoms with Crippen LogP contribution in [0, 0.1) is 6.92 Å². The van der Waals surface area contributed by atoms with Crippen LogP contribution in [0.2, 0.25) is 0 Å². The van der Waals surface area contributed by atoms with Crippen molar-refractivity contribution in [3.8, 4) is 11.5 Å². The zero-order valence-corrected chi connectivity index (χ0v) is 13.1. The van der Waals surface area contributed by atoms with E-state index < -0.39 is 0 Å². The highest BCUT2D eigenvalue weighted by atomic mass is 16.5. The van der Waals surface area contributed by atoms with Crippen molar-refractivity contribution in [1.82, 2.24) is 9.88 Å². The van der Waals surface area contributed by atoms with Gasteiger partial charge in [0.05, 0.1) is 26.5 Å². The molecule has 0 radical (unpaired) electrons. The summed E-state index contributed by atoms with van der Waals surface area (Å²) in [5.74, 6) is 2.97. The number of methoxy groups -OCH3 is 2. The fourth-order valence-corrected chi connectivity index (χ4v) is 2.47. The van der Waals surface area contributed by atoms with Gasteiger partial charge in [-0.05, 0) is 0 Å². The smallest absolute Gasteiger partial charge is 0.192 e. The molecule has 0 bridgehead atoms. The van der Waals surface area contributed by atoms with Crippen LogP contribution in [0.5, 0.6) is 11.5 Å². The van der Waals surface area contributed by atoms with Crippen molar-refractivity contribution < 1.29 is 13.9 Å². The van der Waals surface area contributed by atoms with Crippen LogP contribution in [0.15, 0.2) is 28.8 Å². The van der Waals surface area contributed by atoms with Crippen molar-refractivity contribution in [3.63, 3.8) is 0 Å². The molecule has 0 aliphatic carbocycles. The topological polar surface area (TPSA) is 59.8 Å². The van der Waals surface area contributed by atoms with Gasteiger partial charge in [-0.2, -0.15) is 0 Å². The van der Waals surface area contributed by atoms with Crippen molar-refractivity contribution in [1.29, 1.82) is 0 Å². The summed E-state index contributed by atoms with van der Waals surface area (Å²) in [4.78, 5) is 6.51. The Morgan fingerprint density at radius 2 is 1.86 bits per heavy atom. The van der Waals surface area contributed by atoms with Gasteiger partial charge < -0.3 is 24.1 Å². The molecule has 2 heterocycles. The molecule has 0 spiro atoms. The van der Waals surface area contributed by atoms with E-state index >= 15 is 0 Å². The van der Waals surface area contributed by atoms with Crippen LogP contribution in [-0.2, 0) is 6.54 Å². The SMILES string of the molecule is COc1cc(NC2=CN(C)Cc3oc(C)nc32)cc(OC)c1. The Morgan fingerprint density at radius 3 is 2.50 bits per heavy atom. The number of oxazole rings is 1. The number of ether oxygens (including phenoxy) is 2. The number of rotatable bonds is 4. The van der Waals surface area contributed by atoms with Crippen LogP contribution in [0.4, 0.5) is 5.69 Å². The monoisotopic (exact) mass is 301 g/mol. The third kappa shape index (κ3) is 2.72. The second-order valence-corrected chi connectivity index (χ2v) is 5.19. The zero-order valence-electron chi connectivity index (χ0n) is 13.1. The van der Waals surface area contributed by atoms with E-state index in [9.17, 15) is 0 Å². The number of nitrogens with zero attached hydrogens (tertiary/aromatic N) is 2.